The molecule has 2 aromatic carbocycles. The lowest BCUT2D eigenvalue weighted by Gasteiger charge is -2.14. The first kappa shape index (κ1) is 19.5. The topological polar surface area (TPSA) is 50.4 Å². The number of carbonyl (C=O) groups excluding carboxylic acids is 1. The number of halogens is 2. The van der Waals surface area contributed by atoms with E-state index in [1.165, 1.54) is 12.1 Å². The van der Waals surface area contributed by atoms with Crippen LogP contribution in [0.4, 0.5) is 5.69 Å². The monoisotopic (exact) mass is 396 g/mol. The minimum Gasteiger partial charge on any atom is -0.491 e. The van der Waals surface area contributed by atoms with Gasteiger partial charge in [-0.1, -0.05) is 30.1 Å². The first-order valence-corrected chi connectivity index (χ1v) is 8.89. The summed E-state index contributed by atoms with van der Waals surface area (Å²) in [7, 11) is 0. The molecule has 0 spiro atoms. The summed E-state index contributed by atoms with van der Waals surface area (Å²) in [6, 6.07) is 11.9. The molecule has 132 valence electrons. The molecule has 0 aromatic heterocycles. The largest absolute Gasteiger partial charge is 0.491 e. The second-order valence-corrected chi connectivity index (χ2v) is 6.71. The zero-order valence-corrected chi connectivity index (χ0v) is 16.1. The van der Waals surface area contributed by atoms with Gasteiger partial charge < -0.3 is 10.1 Å². The van der Waals surface area contributed by atoms with Crippen LogP contribution in [0.25, 0.3) is 0 Å². The Morgan fingerprint density at radius 2 is 1.76 bits per heavy atom. The molecule has 0 bridgehead atoms. The Labute approximate surface area is 162 Å². The highest BCUT2D eigenvalue weighted by Gasteiger charge is 2.10. The van der Waals surface area contributed by atoms with Crippen molar-refractivity contribution in [1.29, 1.82) is 0 Å². The molecule has 0 aliphatic heterocycles. The first-order chi connectivity index (χ1) is 11.9. The Morgan fingerprint density at radius 1 is 1.16 bits per heavy atom. The molecule has 1 atom stereocenters. The van der Waals surface area contributed by atoms with Crippen molar-refractivity contribution in [1.82, 2.24) is 5.32 Å². The lowest BCUT2D eigenvalue weighted by Crippen LogP contribution is -2.34. The normalized spacial score (nSPS) is 11.5. The van der Waals surface area contributed by atoms with Crippen molar-refractivity contribution in [3.8, 4) is 5.75 Å². The summed E-state index contributed by atoms with van der Waals surface area (Å²) in [5.74, 6) is 0.391. The van der Waals surface area contributed by atoms with Gasteiger partial charge >= 0.3 is 0 Å². The van der Waals surface area contributed by atoms with Crippen LogP contribution >= 0.6 is 35.4 Å². The van der Waals surface area contributed by atoms with Crippen LogP contribution in [0.3, 0.4) is 0 Å². The van der Waals surface area contributed by atoms with Crippen LogP contribution in [-0.4, -0.2) is 17.1 Å². The van der Waals surface area contributed by atoms with Crippen molar-refractivity contribution in [2.45, 2.75) is 26.4 Å². The van der Waals surface area contributed by atoms with Gasteiger partial charge in [-0.3, -0.25) is 10.1 Å². The molecule has 0 saturated heterocycles. The third-order valence-electron chi connectivity index (χ3n) is 3.38. The maximum atomic E-state index is 12.2. The number of anilines is 1. The van der Waals surface area contributed by atoms with Gasteiger partial charge in [-0.15, -0.1) is 0 Å². The van der Waals surface area contributed by atoms with Crippen LogP contribution in [0.5, 0.6) is 5.75 Å². The smallest absolute Gasteiger partial charge is 0.257 e. The van der Waals surface area contributed by atoms with E-state index >= 15 is 0 Å². The highest BCUT2D eigenvalue weighted by atomic mass is 35.5. The lowest BCUT2D eigenvalue weighted by atomic mass is 10.2. The van der Waals surface area contributed by atoms with E-state index in [4.69, 9.17) is 40.2 Å². The fourth-order valence-electron chi connectivity index (χ4n) is 1.96. The fraction of sp³-hybridized carbons (Fsp3) is 0.222. The summed E-state index contributed by atoms with van der Waals surface area (Å²) in [6.45, 7) is 4.08. The molecule has 2 aromatic rings. The van der Waals surface area contributed by atoms with E-state index in [0.717, 1.165) is 17.9 Å². The zero-order valence-electron chi connectivity index (χ0n) is 13.8. The predicted molar refractivity (Wildman–Crippen MR) is 107 cm³/mol. The van der Waals surface area contributed by atoms with Crippen molar-refractivity contribution in [2.75, 3.05) is 5.32 Å². The molecule has 1 unspecified atom stereocenters. The van der Waals surface area contributed by atoms with Crippen LogP contribution in [0.15, 0.2) is 42.5 Å². The Balaban J connectivity index is 1.94. The molecule has 25 heavy (non-hydrogen) atoms. The molecular weight excluding hydrogens is 379 g/mol. The van der Waals surface area contributed by atoms with Gasteiger partial charge in [0.15, 0.2) is 5.11 Å². The Morgan fingerprint density at radius 3 is 2.32 bits per heavy atom. The second kappa shape index (κ2) is 9.04. The van der Waals surface area contributed by atoms with Crippen molar-refractivity contribution in [3.63, 3.8) is 0 Å². The Bertz CT molecular complexity index is 746. The number of amides is 1. The summed E-state index contributed by atoms with van der Waals surface area (Å²) < 4.78 is 5.71. The standard InChI is InChI=1S/C18H18Cl2N2O2S/c1-3-11(2)24-16-6-4-15(5-7-16)21-18(25)22-17(23)12-8-13(19)10-14(20)9-12/h4-11H,3H2,1-2H3,(H2,21,22,23,25). The van der Waals surface area contributed by atoms with Crippen LogP contribution in [0.2, 0.25) is 10.0 Å². The van der Waals surface area contributed by atoms with Crippen LogP contribution in [0, 0.1) is 0 Å². The van der Waals surface area contributed by atoms with E-state index in [2.05, 4.69) is 17.6 Å². The number of rotatable bonds is 5. The molecule has 0 radical (unpaired) electrons. The summed E-state index contributed by atoms with van der Waals surface area (Å²) in [5, 5.41) is 6.48. The first-order valence-electron chi connectivity index (χ1n) is 7.72. The van der Waals surface area contributed by atoms with E-state index in [1.807, 2.05) is 31.2 Å². The molecule has 2 N–H and O–H groups in total. The molecule has 0 fully saturated rings. The molecule has 0 aliphatic rings. The highest BCUT2D eigenvalue weighted by molar-refractivity contribution is 7.80. The lowest BCUT2D eigenvalue weighted by molar-refractivity contribution is 0.0977. The number of thiocarbonyl (C=S) groups is 1. The minimum atomic E-state index is -0.390. The minimum absolute atomic E-state index is 0.156. The summed E-state index contributed by atoms with van der Waals surface area (Å²) >= 11 is 17.0. The average Bonchev–Trinajstić information content (AvgIpc) is 2.55. The van der Waals surface area contributed by atoms with Crippen molar-refractivity contribution < 1.29 is 9.53 Å². The maximum absolute atomic E-state index is 12.2. The summed E-state index contributed by atoms with van der Waals surface area (Å²) in [6.07, 6.45) is 1.09. The van der Waals surface area contributed by atoms with Gasteiger partial charge in [-0.05, 0) is 68.0 Å². The summed E-state index contributed by atoms with van der Waals surface area (Å²) in [5.41, 5.74) is 1.07. The average molecular weight is 397 g/mol. The number of ether oxygens (including phenoxy) is 1. The Kier molecular flexibility index (Phi) is 7.05. The second-order valence-electron chi connectivity index (χ2n) is 5.43. The number of hydrogen-bond donors (Lipinski definition) is 2. The molecule has 0 heterocycles. The fourth-order valence-corrected chi connectivity index (χ4v) is 2.69. The van der Waals surface area contributed by atoms with E-state index in [-0.39, 0.29) is 11.2 Å². The van der Waals surface area contributed by atoms with Crippen LogP contribution < -0.4 is 15.4 Å². The molecule has 0 aliphatic carbocycles. The van der Waals surface area contributed by atoms with Crippen molar-refractivity contribution in [3.05, 3.63) is 58.1 Å². The predicted octanol–water partition coefficient (Wildman–Crippen LogP) is 5.30. The molecule has 1 amide bonds. The van der Waals surface area contributed by atoms with E-state index in [0.29, 0.717) is 15.6 Å². The number of nitrogens with one attached hydrogen (secondary N) is 2. The van der Waals surface area contributed by atoms with E-state index in [1.54, 1.807) is 6.07 Å². The molecule has 0 saturated carbocycles. The van der Waals surface area contributed by atoms with E-state index < -0.39 is 5.91 Å². The highest BCUT2D eigenvalue weighted by Crippen LogP contribution is 2.19. The van der Waals surface area contributed by atoms with Gasteiger partial charge in [-0.25, -0.2) is 0 Å². The quantitative estimate of drug-likeness (QED) is 0.673. The van der Waals surface area contributed by atoms with Crippen molar-refractivity contribution in [2.24, 2.45) is 0 Å². The summed E-state index contributed by atoms with van der Waals surface area (Å²) in [4.78, 5) is 12.2. The number of hydrogen-bond acceptors (Lipinski definition) is 3. The van der Waals surface area contributed by atoms with Gasteiger partial charge in [0.05, 0.1) is 6.10 Å². The zero-order chi connectivity index (χ0) is 18.4. The third-order valence-corrected chi connectivity index (χ3v) is 4.02. The van der Waals surface area contributed by atoms with Crippen LogP contribution in [0.1, 0.15) is 30.6 Å². The molecular formula is C18H18Cl2N2O2S. The molecule has 2 rings (SSSR count). The third kappa shape index (κ3) is 6.20. The van der Waals surface area contributed by atoms with Gasteiger partial charge in [-0.2, -0.15) is 0 Å². The molecule has 7 heteroatoms. The van der Waals surface area contributed by atoms with Crippen molar-refractivity contribution >= 4 is 52.1 Å². The maximum Gasteiger partial charge on any atom is 0.257 e. The number of carbonyl (C=O) groups is 1. The molecule has 4 nitrogen and oxygen atoms in total. The van der Waals surface area contributed by atoms with E-state index in [9.17, 15) is 4.79 Å². The number of benzene rings is 2. The van der Waals surface area contributed by atoms with Gasteiger partial charge in [0.25, 0.3) is 5.91 Å². The van der Waals surface area contributed by atoms with Gasteiger partial charge in [0, 0.05) is 21.3 Å². The van der Waals surface area contributed by atoms with Gasteiger partial charge in [0.1, 0.15) is 5.75 Å². The van der Waals surface area contributed by atoms with Gasteiger partial charge in [0.2, 0.25) is 0 Å². The SMILES string of the molecule is CCC(C)Oc1ccc(NC(=S)NC(=O)c2cc(Cl)cc(Cl)c2)cc1. The van der Waals surface area contributed by atoms with Crippen LogP contribution in [-0.2, 0) is 0 Å². The Hall–Kier alpha value is -1.82.